The van der Waals surface area contributed by atoms with Gasteiger partial charge >= 0.3 is 0 Å². The lowest BCUT2D eigenvalue weighted by Gasteiger charge is -2.31. The van der Waals surface area contributed by atoms with Crippen LogP contribution in [0.15, 0.2) is 29.3 Å². The molecule has 0 unspecified atom stereocenters. The van der Waals surface area contributed by atoms with Crippen LogP contribution >= 0.6 is 0 Å². The van der Waals surface area contributed by atoms with E-state index in [0.717, 1.165) is 57.1 Å². The molecular weight excluding hydrogens is 406 g/mol. The van der Waals surface area contributed by atoms with E-state index < -0.39 is 0 Å². The van der Waals surface area contributed by atoms with Crippen LogP contribution in [0.2, 0.25) is 0 Å². The fourth-order valence-electron chi connectivity index (χ4n) is 4.19. The van der Waals surface area contributed by atoms with Crippen molar-refractivity contribution in [1.82, 2.24) is 20.9 Å². The second-order valence-electron chi connectivity index (χ2n) is 9.06. The third kappa shape index (κ3) is 6.87. The van der Waals surface area contributed by atoms with Crippen molar-refractivity contribution in [3.05, 3.63) is 29.8 Å². The first-order valence-electron chi connectivity index (χ1n) is 11.6. The number of carbonyl (C=O) groups excluding carboxylic acids is 2. The molecule has 8 nitrogen and oxygen atoms in total. The average molecular weight is 444 g/mol. The van der Waals surface area contributed by atoms with Crippen LogP contribution in [-0.4, -0.2) is 69.6 Å². The van der Waals surface area contributed by atoms with E-state index in [0.29, 0.717) is 24.3 Å². The van der Waals surface area contributed by atoms with Crippen molar-refractivity contribution in [2.24, 2.45) is 10.4 Å². The van der Waals surface area contributed by atoms with Crippen LogP contribution in [0.3, 0.4) is 0 Å². The molecule has 1 aromatic carbocycles. The zero-order valence-electron chi connectivity index (χ0n) is 19.6. The van der Waals surface area contributed by atoms with Gasteiger partial charge in [-0.05, 0) is 49.8 Å². The van der Waals surface area contributed by atoms with Gasteiger partial charge in [-0.2, -0.15) is 0 Å². The average Bonchev–Trinajstić information content (AvgIpc) is 3.47. The summed E-state index contributed by atoms with van der Waals surface area (Å²) in [5.41, 5.74) is 0.838. The van der Waals surface area contributed by atoms with Crippen molar-refractivity contribution in [1.29, 1.82) is 0 Å². The van der Waals surface area contributed by atoms with E-state index in [-0.39, 0.29) is 23.8 Å². The summed E-state index contributed by atoms with van der Waals surface area (Å²) in [7, 11) is 5.40. The lowest BCUT2D eigenvalue weighted by Crippen LogP contribution is -2.49. The van der Waals surface area contributed by atoms with Crippen molar-refractivity contribution >= 4 is 17.8 Å². The predicted molar refractivity (Wildman–Crippen MR) is 126 cm³/mol. The number of guanidine groups is 1. The molecule has 3 rings (SSSR count). The first-order valence-corrected chi connectivity index (χ1v) is 11.6. The highest BCUT2D eigenvalue weighted by Crippen LogP contribution is 2.38. The molecule has 2 fully saturated rings. The third-order valence-electron chi connectivity index (χ3n) is 6.18. The van der Waals surface area contributed by atoms with Crippen molar-refractivity contribution in [3.63, 3.8) is 0 Å². The molecule has 0 saturated heterocycles. The molecule has 2 saturated carbocycles. The number of nitrogens with one attached hydrogen (secondary N) is 3. The summed E-state index contributed by atoms with van der Waals surface area (Å²) in [6.07, 6.45) is 7.00. The molecule has 0 aliphatic heterocycles. The fraction of sp³-hybridized carbons (Fsp3) is 0.625. The molecule has 32 heavy (non-hydrogen) atoms. The topological polar surface area (TPSA) is 95.1 Å². The Balaban J connectivity index is 1.39. The highest BCUT2D eigenvalue weighted by Gasteiger charge is 2.42. The van der Waals surface area contributed by atoms with Crippen LogP contribution in [0.4, 0.5) is 0 Å². The number of nitrogens with zero attached hydrogens (tertiary/aromatic N) is 2. The number of hydrogen-bond acceptors (Lipinski definition) is 4. The Morgan fingerprint density at radius 1 is 1.12 bits per heavy atom. The minimum Gasteiger partial charge on any atom is -0.484 e. The van der Waals surface area contributed by atoms with Gasteiger partial charge in [-0.3, -0.25) is 14.6 Å². The van der Waals surface area contributed by atoms with E-state index in [9.17, 15) is 9.59 Å². The molecular formula is C24H37N5O3. The van der Waals surface area contributed by atoms with Gasteiger partial charge in [-0.25, -0.2) is 0 Å². The summed E-state index contributed by atoms with van der Waals surface area (Å²) in [6, 6.07) is 8.15. The first kappa shape index (κ1) is 23.9. The Kier molecular flexibility index (Phi) is 8.36. The number of aliphatic imine (C=N–C) groups is 1. The van der Waals surface area contributed by atoms with Crippen LogP contribution < -0.4 is 20.7 Å². The second kappa shape index (κ2) is 11.2. The highest BCUT2D eigenvalue weighted by molar-refractivity contribution is 5.85. The van der Waals surface area contributed by atoms with Gasteiger partial charge in [0.2, 0.25) is 5.91 Å². The molecule has 0 aromatic heterocycles. The second-order valence-corrected chi connectivity index (χ2v) is 9.06. The van der Waals surface area contributed by atoms with E-state index in [1.807, 2.05) is 38.4 Å². The van der Waals surface area contributed by atoms with E-state index in [2.05, 4.69) is 20.9 Å². The Bertz CT molecular complexity index is 796. The number of amides is 2. The Morgan fingerprint density at radius 3 is 2.41 bits per heavy atom. The van der Waals surface area contributed by atoms with Gasteiger partial charge in [0.05, 0.1) is 5.41 Å². The van der Waals surface area contributed by atoms with Gasteiger partial charge < -0.3 is 25.6 Å². The zero-order chi connectivity index (χ0) is 23.0. The van der Waals surface area contributed by atoms with E-state index >= 15 is 0 Å². The smallest absolute Gasteiger partial charge is 0.258 e. The maximum absolute atomic E-state index is 12.7. The lowest BCUT2D eigenvalue weighted by atomic mass is 9.84. The highest BCUT2D eigenvalue weighted by atomic mass is 16.5. The SMILES string of the molecule is CN=C(NCCc1ccc(OCC(=O)NC2CC2)cc1)NCC1(C(=O)N(C)C)CCCC1. The minimum atomic E-state index is -0.327. The number of benzene rings is 1. The molecule has 1 aromatic rings. The number of rotatable bonds is 10. The monoisotopic (exact) mass is 443 g/mol. The molecule has 2 amide bonds. The van der Waals surface area contributed by atoms with Gasteiger partial charge in [0, 0.05) is 40.3 Å². The molecule has 176 valence electrons. The van der Waals surface area contributed by atoms with Gasteiger partial charge in [0.1, 0.15) is 5.75 Å². The molecule has 8 heteroatoms. The number of ether oxygens (including phenoxy) is 1. The Hall–Kier alpha value is -2.77. The number of hydrogen-bond donors (Lipinski definition) is 3. The van der Waals surface area contributed by atoms with Crippen molar-refractivity contribution in [3.8, 4) is 5.75 Å². The van der Waals surface area contributed by atoms with Gasteiger partial charge in [-0.15, -0.1) is 0 Å². The van der Waals surface area contributed by atoms with Crippen LogP contribution in [0.25, 0.3) is 0 Å². The van der Waals surface area contributed by atoms with Gasteiger partial charge in [0.25, 0.3) is 5.91 Å². The molecule has 2 aliphatic carbocycles. The minimum absolute atomic E-state index is 0.0528. The largest absolute Gasteiger partial charge is 0.484 e. The molecule has 0 bridgehead atoms. The van der Waals surface area contributed by atoms with Gasteiger partial charge in [-0.1, -0.05) is 25.0 Å². The van der Waals surface area contributed by atoms with E-state index in [1.165, 1.54) is 0 Å². The van der Waals surface area contributed by atoms with Crippen LogP contribution in [0.1, 0.15) is 44.1 Å². The molecule has 0 heterocycles. The van der Waals surface area contributed by atoms with Crippen molar-refractivity contribution in [2.75, 3.05) is 40.8 Å². The maximum Gasteiger partial charge on any atom is 0.258 e. The van der Waals surface area contributed by atoms with Crippen LogP contribution in [0, 0.1) is 5.41 Å². The third-order valence-corrected chi connectivity index (χ3v) is 6.18. The molecule has 2 aliphatic rings. The Morgan fingerprint density at radius 2 is 1.81 bits per heavy atom. The number of carbonyl (C=O) groups is 2. The fourth-order valence-corrected chi connectivity index (χ4v) is 4.19. The van der Waals surface area contributed by atoms with Crippen molar-refractivity contribution < 1.29 is 14.3 Å². The zero-order valence-corrected chi connectivity index (χ0v) is 19.6. The summed E-state index contributed by atoms with van der Waals surface area (Å²) in [5, 5.41) is 9.61. The summed E-state index contributed by atoms with van der Waals surface area (Å²) in [6.45, 7) is 1.37. The van der Waals surface area contributed by atoms with Crippen molar-refractivity contribution in [2.45, 2.75) is 51.0 Å². The lowest BCUT2D eigenvalue weighted by molar-refractivity contribution is -0.138. The summed E-state index contributed by atoms with van der Waals surface area (Å²) in [5.74, 6) is 1.54. The first-order chi connectivity index (χ1) is 15.4. The molecule has 0 radical (unpaired) electrons. The molecule has 0 atom stereocenters. The standard InChI is InChI=1S/C24H37N5O3/c1-25-23(27-17-24(13-4-5-14-24)22(31)29(2)3)26-15-12-18-6-10-20(11-7-18)32-16-21(30)28-19-8-9-19/h6-7,10-11,19H,4-5,8-9,12-17H2,1-3H3,(H,28,30)(H2,25,26,27). The molecule has 0 spiro atoms. The van der Waals surface area contributed by atoms with Gasteiger partial charge in [0.15, 0.2) is 12.6 Å². The summed E-state index contributed by atoms with van der Waals surface area (Å²) < 4.78 is 5.55. The van der Waals surface area contributed by atoms with Crippen LogP contribution in [0.5, 0.6) is 5.75 Å². The molecule has 3 N–H and O–H groups in total. The van der Waals surface area contributed by atoms with E-state index in [4.69, 9.17) is 4.74 Å². The maximum atomic E-state index is 12.7. The Labute approximate surface area is 191 Å². The summed E-state index contributed by atoms with van der Waals surface area (Å²) in [4.78, 5) is 30.4. The van der Waals surface area contributed by atoms with Crippen LogP contribution in [-0.2, 0) is 16.0 Å². The summed E-state index contributed by atoms with van der Waals surface area (Å²) >= 11 is 0. The predicted octanol–water partition coefficient (Wildman–Crippen LogP) is 1.70. The quantitative estimate of drug-likeness (QED) is 0.378. The van der Waals surface area contributed by atoms with E-state index in [1.54, 1.807) is 11.9 Å². The normalized spacial score (nSPS) is 17.5.